The minimum Gasteiger partial charge on any atom is -0.317 e. The van der Waals surface area contributed by atoms with Gasteiger partial charge in [-0.25, -0.2) is 4.72 Å². The minimum atomic E-state index is -3.28. The van der Waals surface area contributed by atoms with Gasteiger partial charge in [0.2, 0.25) is 0 Å². The molecular formula is C12H29N3O2S. The Kier molecular flexibility index (Phi) is 10.6. The van der Waals surface area contributed by atoms with Crippen LogP contribution in [-0.2, 0) is 10.2 Å². The highest BCUT2D eigenvalue weighted by molar-refractivity contribution is 7.87. The van der Waals surface area contributed by atoms with Crippen LogP contribution in [0.3, 0.4) is 0 Å². The van der Waals surface area contributed by atoms with Crippen molar-refractivity contribution in [1.82, 2.24) is 14.3 Å². The molecule has 0 aliphatic carbocycles. The Labute approximate surface area is 113 Å². The summed E-state index contributed by atoms with van der Waals surface area (Å²) in [5.74, 6) is 0. The third-order valence-corrected chi connectivity index (χ3v) is 4.37. The second kappa shape index (κ2) is 10.7. The van der Waals surface area contributed by atoms with Gasteiger partial charge in [-0.15, -0.1) is 0 Å². The fourth-order valence-electron chi connectivity index (χ4n) is 1.59. The molecule has 0 aliphatic heterocycles. The standard InChI is InChI=1S/C12H29N3O2S/c1-4-6-7-8-11-14-18(16,17)15(3)12-9-10-13-5-2/h13-14H,4-12H2,1-3H3. The van der Waals surface area contributed by atoms with E-state index in [-0.39, 0.29) is 0 Å². The lowest BCUT2D eigenvalue weighted by Crippen LogP contribution is -2.39. The largest absolute Gasteiger partial charge is 0.317 e. The van der Waals surface area contributed by atoms with Crippen molar-refractivity contribution in [2.24, 2.45) is 0 Å². The molecule has 110 valence electrons. The zero-order valence-electron chi connectivity index (χ0n) is 12.0. The van der Waals surface area contributed by atoms with E-state index in [9.17, 15) is 8.42 Å². The zero-order chi connectivity index (χ0) is 13.9. The molecule has 0 aliphatic rings. The van der Waals surface area contributed by atoms with Gasteiger partial charge in [-0.1, -0.05) is 33.1 Å². The number of unbranched alkanes of at least 4 members (excludes halogenated alkanes) is 3. The third kappa shape index (κ3) is 8.85. The molecule has 0 unspecified atom stereocenters. The highest BCUT2D eigenvalue weighted by Crippen LogP contribution is 2.00. The fourth-order valence-corrected chi connectivity index (χ4v) is 2.58. The van der Waals surface area contributed by atoms with Crippen LogP contribution in [-0.4, -0.2) is 45.9 Å². The Morgan fingerprint density at radius 1 is 1.00 bits per heavy atom. The smallest absolute Gasteiger partial charge is 0.279 e. The Bertz CT molecular complexity index is 281. The Morgan fingerprint density at radius 3 is 2.33 bits per heavy atom. The molecule has 0 fully saturated rings. The second-order valence-electron chi connectivity index (χ2n) is 4.49. The lowest BCUT2D eigenvalue weighted by molar-refractivity contribution is 0.444. The first kappa shape index (κ1) is 17.8. The van der Waals surface area contributed by atoms with E-state index in [1.165, 1.54) is 10.7 Å². The van der Waals surface area contributed by atoms with Crippen molar-refractivity contribution in [1.29, 1.82) is 0 Å². The van der Waals surface area contributed by atoms with Crippen molar-refractivity contribution in [2.45, 2.75) is 46.0 Å². The highest BCUT2D eigenvalue weighted by Gasteiger charge is 2.15. The molecule has 0 radical (unpaired) electrons. The number of nitrogens with one attached hydrogen (secondary N) is 2. The van der Waals surface area contributed by atoms with Crippen molar-refractivity contribution >= 4 is 10.2 Å². The van der Waals surface area contributed by atoms with E-state index in [1.807, 2.05) is 6.92 Å². The topological polar surface area (TPSA) is 61.4 Å². The fraction of sp³-hybridized carbons (Fsp3) is 1.00. The molecule has 0 saturated carbocycles. The van der Waals surface area contributed by atoms with Crippen LogP contribution in [0.2, 0.25) is 0 Å². The molecule has 0 bridgehead atoms. The van der Waals surface area contributed by atoms with E-state index in [1.54, 1.807) is 7.05 Å². The molecule has 0 amide bonds. The molecule has 0 spiro atoms. The number of rotatable bonds is 12. The van der Waals surface area contributed by atoms with Crippen LogP contribution in [0.15, 0.2) is 0 Å². The summed E-state index contributed by atoms with van der Waals surface area (Å²) in [6.45, 7) is 7.05. The predicted molar refractivity (Wildman–Crippen MR) is 76.9 cm³/mol. The molecule has 2 N–H and O–H groups in total. The molecule has 5 nitrogen and oxygen atoms in total. The van der Waals surface area contributed by atoms with Gasteiger partial charge in [-0.3, -0.25) is 0 Å². The van der Waals surface area contributed by atoms with E-state index in [0.717, 1.165) is 38.8 Å². The van der Waals surface area contributed by atoms with E-state index < -0.39 is 10.2 Å². The van der Waals surface area contributed by atoms with Crippen molar-refractivity contribution in [3.8, 4) is 0 Å². The highest BCUT2D eigenvalue weighted by atomic mass is 32.2. The Morgan fingerprint density at radius 2 is 1.72 bits per heavy atom. The molecule has 0 saturated heterocycles. The number of hydrogen-bond acceptors (Lipinski definition) is 3. The van der Waals surface area contributed by atoms with Crippen LogP contribution in [0.4, 0.5) is 0 Å². The first-order chi connectivity index (χ1) is 8.54. The molecule has 0 heterocycles. The van der Waals surface area contributed by atoms with Gasteiger partial charge in [-0.05, 0) is 25.9 Å². The third-order valence-electron chi connectivity index (χ3n) is 2.80. The lowest BCUT2D eigenvalue weighted by atomic mass is 10.2. The van der Waals surface area contributed by atoms with Crippen LogP contribution in [0, 0.1) is 0 Å². The van der Waals surface area contributed by atoms with Gasteiger partial charge in [-0.2, -0.15) is 12.7 Å². The summed E-state index contributed by atoms with van der Waals surface area (Å²) in [6.07, 6.45) is 5.17. The summed E-state index contributed by atoms with van der Waals surface area (Å²) >= 11 is 0. The van der Waals surface area contributed by atoms with Crippen molar-refractivity contribution < 1.29 is 8.42 Å². The molecule has 0 aromatic carbocycles. The predicted octanol–water partition coefficient (Wildman–Crippen LogP) is 1.33. The average molecular weight is 279 g/mol. The quantitative estimate of drug-likeness (QED) is 0.530. The number of nitrogens with zero attached hydrogens (tertiary/aromatic N) is 1. The molecule has 0 rings (SSSR count). The van der Waals surface area contributed by atoms with Crippen LogP contribution >= 0.6 is 0 Å². The van der Waals surface area contributed by atoms with E-state index in [0.29, 0.717) is 13.1 Å². The first-order valence-electron chi connectivity index (χ1n) is 6.96. The summed E-state index contributed by atoms with van der Waals surface area (Å²) in [6, 6.07) is 0. The minimum absolute atomic E-state index is 0.542. The summed E-state index contributed by atoms with van der Waals surface area (Å²) < 4.78 is 27.7. The monoisotopic (exact) mass is 279 g/mol. The summed E-state index contributed by atoms with van der Waals surface area (Å²) in [7, 11) is -1.65. The van der Waals surface area contributed by atoms with Crippen LogP contribution in [0.5, 0.6) is 0 Å². The maximum absolute atomic E-state index is 11.8. The van der Waals surface area contributed by atoms with Crippen molar-refractivity contribution in [3.63, 3.8) is 0 Å². The van der Waals surface area contributed by atoms with E-state index in [2.05, 4.69) is 17.0 Å². The number of hydrogen-bond donors (Lipinski definition) is 2. The normalized spacial score (nSPS) is 12.2. The maximum Gasteiger partial charge on any atom is 0.279 e. The Balaban J connectivity index is 3.75. The van der Waals surface area contributed by atoms with Crippen molar-refractivity contribution in [3.05, 3.63) is 0 Å². The van der Waals surface area contributed by atoms with Gasteiger partial charge in [0, 0.05) is 20.1 Å². The molecule has 0 aromatic heterocycles. The van der Waals surface area contributed by atoms with Gasteiger partial charge in [0.15, 0.2) is 0 Å². The van der Waals surface area contributed by atoms with Gasteiger partial charge < -0.3 is 5.32 Å². The Hall–Kier alpha value is -0.170. The second-order valence-corrected chi connectivity index (χ2v) is 6.35. The summed E-state index contributed by atoms with van der Waals surface area (Å²) in [5, 5.41) is 3.18. The van der Waals surface area contributed by atoms with Gasteiger partial charge >= 0.3 is 0 Å². The molecule has 6 heteroatoms. The van der Waals surface area contributed by atoms with Gasteiger partial charge in [0.05, 0.1) is 0 Å². The van der Waals surface area contributed by atoms with Crippen molar-refractivity contribution in [2.75, 3.05) is 33.2 Å². The molecule has 0 aromatic rings. The molecule has 18 heavy (non-hydrogen) atoms. The van der Waals surface area contributed by atoms with Gasteiger partial charge in [0.25, 0.3) is 10.2 Å². The summed E-state index contributed by atoms with van der Waals surface area (Å²) in [4.78, 5) is 0. The van der Waals surface area contributed by atoms with Gasteiger partial charge in [0.1, 0.15) is 0 Å². The molecular weight excluding hydrogens is 250 g/mol. The van der Waals surface area contributed by atoms with Crippen LogP contribution in [0.25, 0.3) is 0 Å². The zero-order valence-corrected chi connectivity index (χ0v) is 12.9. The van der Waals surface area contributed by atoms with Crippen LogP contribution in [0.1, 0.15) is 46.0 Å². The summed E-state index contributed by atoms with van der Waals surface area (Å²) in [5.41, 5.74) is 0. The van der Waals surface area contributed by atoms with Crippen LogP contribution < -0.4 is 10.0 Å². The van der Waals surface area contributed by atoms with E-state index in [4.69, 9.17) is 0 Å². The van der Waals surface area contributed by atoms with E-state index >= 15 is 0 Å². The molecule has 0 atom stereocenters. The first-order valence-corrected chi connectivity index (χ1v) is 8.40. The SMILES string of the molecule is CCCCCCNS(=O)(=O)N(C)CCCNCC. The maximum atomic E-state index is 11.8. The lowest BCUT2D eigenvalue weighted by Gasteiger charge is -2.17. The average Bonchev–Trinajstić information content (AvgIpc) is 2.34.